The molecule has 2 unspecified atom stereocenters. The normalized spacial score (nSPS) is 13.9. The van der Waals surface area contributed by atoms with Gasteiger partial charge in [0.15, 0.2) is 0 Å². The van der Waals surface area contributed by atoms with E-state index >= 15 is 0 Å². The number of halogens is 1. The van der Waals surface area contributed by atoms with Gasteiger partial charge in [0, 0.05) is 13.0 Å². The zero-order chi connectivity index (χ0) is 15.9. The fourth-order valence-electron chi connectivity index (χ4n) is 1.40. The summed E-state index contributed by atoms with van der Waals surface area (Å²) in [5, 5.41) is 5.46. The van der Waals surface area contributed by atoms with Crippen LogP contribution in [-0.4, -0.2) is 71.4 Å². The van der Waals surface area contributed by atoms with Gasteiger partial charge in [0.05, 0.1) is 45.7 Å². The maximum absolute atomic E-state index is 13.4. The minimum Gasteiger partial charge on any atom is -0.378 e. The fraction of sp³-hybridized carbons (Fsp3) is 0.929. The lowest BCUT2D eigenvalue weighted by atomic mass is 10.3. The number of amides is 1. The van der Waals surface area contributed by atoms with Gasteiger partial charge in [0.25, 0.3) is 0 Å². The Morgan fingerprint density at radius 2 is 1.95 bits per heavy atom. The largest absolute Gasteiger partial charge is 0.378 e. The number of rotatable bonds is 14. The highest BCUT2D eigenvalue weighted by Crippen LogP contribution is 1.96. The highest BCUT2D eigenvalue weighted by molar-refractivity contribution is 5.75. The monoisotopic (exact) mass is 308 g/mol. The Bertz CT molecular complexity index is 257. The summed E-state index contributed by atoms with van der Waals surface area (Å²) < 4.78 is 29.3. The number of alkyl halides is 1. The molecule has 0 aliphatic heterocycles. The number of ether oxygens (including phenoxy) is 3. The third-order valence-electron chi connectivity index (χ3n) is 2.62. The van der Waals surface area contributed by atoms with Crippen LogP contribution in [0.5, 0.6) is 0 Å². The molecule has 126 valence electrons. The van der Waals surface area contributed by atoms with Crippen LogP contribution in [0.15, 0.2) is 0 Å². The van der Waals surface area contributed by atoms with Gasteiger partial charge < -0.3 is 24.8 Å². The van der Waals surface area contributed by atoms with Crippen molar-refractivity contribution in [3.8, 4) is 0 Å². The predicted molar refractivity (Wildman–Crippen MR) is 79.2 cm³/mol. The van der Waals surface area contributed by atoms with Crippen LogP contribution in [0.3, 0.4) is 0 Å². The van der Waals surface area contributed by atoms with E-state index in [1.807, 2.05) is 14.0 Å². The smallest absolute Gasteiger partial charge is 0.219 e. The molecule has 6 nitrogen and oxygen atoms in total. The van der Waals surface area contributed by atoms with E-state index in [4.69, 9.17) is 14.2 Å². The SMILES string of the molecule is CCC(=O)NCC(F)COCC(C)OCCOCCNC. The molecule has 0 rings (SSSR count). The average molecular weight is 308 g/mol. The van der Waals surface area contributed by atoms with Crippen molar-refractivity contribution < 1.29 is 23.4 Å². The van der Waals surface area contributed by atoms with Crippen LogP contribution in [0.1, 0.15) is 20.3 Å². The Morgan fingerprint density at radius 3 is 2.62 bits per heavy atom. The molecule has 0 spiro atoms. The molecule has 0 fully saturated rings. The lowest BCUT2D eigenvalue weighted by Crippen LogP contribution is -2.32. The van der Waals surface area contributed by atoms with Crippen molar-refractivity contribution in [1.29, 1.82) is 0 Å². The lowest BCUT2D eigenvalue weighted by molar-refractivity contribution is -0.121. The fourth-order valence-corrected chi connectivity index (χ4v) is 1.40. The van der Waals surface area contributed by atoms with Crippen molar-refractivity contribution in [2.75, 3.05) is 53.2 Å². The second-order valence-electron chi connectivity index (χ2n) is 4.69. The van der Waals surface area contributed by atoms with Crippen molar-refractivity contribution >= 4 is 5.91 Å². The Kier molecular flexibility index (Phi) is 13.7. The molecule has 0 aromatic carbocycles. The molecule has 7 heteroatoms. The summed E-state index contributed by atoms with van der Waals surface area (Å²) in [5.74, 6) is -0.160. The second kappa shape index (κ2) is 14.2. The predicted octanol–water partition coefficient (Wildman–Crippen LogP) is 0.508. The molecule has 1 amide bonds. The van der Waals surface area contributed by atoms with Gasteiger partial charge in [-0.15, -0.1) is 0 Å². The zero-order valence-electron chi connectivity index (χ0n) is 13.3. The van der Waals surface area contributed by atoms with Gasteiger partial charge in [0.1, 0.15) is 6.17 Å². The van der Waals surface area contributed by atoms with Gasteiger partial charge in [-0.2, -0.15) is 0 Å². The molecule has 0 bridgehead atoms. The van der Waals surface area contributed by atoms with Crippen LogP contribution < -0.4 is 10.6 Å². The summed E-state index contributed by atoms with van der Waals surface area (Å²) in [6.45, 7) is 6.32. The minimum atomic E-state index is -1.20. The van der Waals surface area contributed by atoms with Crippen LogP contribution in [0.4, 0.5) is 4.39 Å². The third-order valence-corrected chi connectivity index (χ3v) is 2.62. The van der Waals surface area contributed by atoms with Crippen LogP contribution in [0.25, 0.3) is 0 Å². The van der Waals surface area contributed by atoms with E-state index in [9.17, 15) is 9.18 Å². The molecule has 2 atom stereocenters. The van der Waals surface area contributed by atoms with Gasteiger partial charge in [-0.3, -0.25) is 4.79 Å². The number of nitrogens with one attached hydrogen (secondary N) is 2. The van der Waals surface area contributed by atoms with Crippen LogP contribution in [0.2, 0.25) is 0 Å². The Balaban J connectivity index is 3.39. The molecule has 2 N–H and O–H groups in total. The Labute approximate surface area is 126 Å². The van der Waals surface area contributed by atoms with Gasteiger partial charge >= 0.3 is 0 Å². The summed E-state index contributed by atoms with van der Waals surface area (Å²) in [6, 6.07) is 0. The molecule has 0 heterocycles. The Morgan fingerprint density at radius 1 is 1.19 bits per heavy atom. The number of likely N-dealkylation sites (N-methyl/N-ethyl adjacent to an activating group) is 1. The number of carbonyl (C=O) groups is 1. The van der Waals surface area contributed by atoms with Gasteiger partial charge in [0.2, 0.25) is 5.91 Å². The van der Waals surface area contributed by atoms with Crippen molar-refractivity contribution in [2.24, 2.45) is 0 Å². The molecule has 0 aromatic heterocycles. The number of hydrogen-bond donors (Lipinski definition) is 2. The van der Waals surface area contributed by atoms with E-state index in [-0.39, 0.29) is 25.2 Å². The summed E-state index contributed by atoms with van der Waals surface area (Å²) in [6.07, 6.45) is -0.956. The van der Waals surface area contributed by atoms with Gasteiger partial charge in [-0.05, 0) is 14.0 Å². The van der Waals surface area contributed by atoms with E-state index < -0.39 is 6.17 Å². The first-order valence-electron chi connectivity index (χ1n) is 7.42. The molecule has 0 saturated heterocycles. The molecule has 21 heavy (non-hydrogen) atoms. The van der Waals surface area contributed by atoms with E-state index in [0.717, 1.165) is 6.54 Å². The second-order valence-corrected chi connectivity index (χ2v) is 4.69. The summed E-state index contributed by atoms with van der Waals surface area (Å²) in [4.78, 5) is 11.0. The third kappa shape index (κ3) is 14.0. The lowest BCUT2D eigenvalue weighted by Gasteiger charge is -2.15. The highest BCUT2D eigenvalue weighted by atomic mass is 19.1. The molecular weight excluding hydrogens is 279 g/mol. The summed E-state index contributed by atoms with van der Waals surface area (Å²) in [5.41, 5.74) is 0. The first kappa shape index (κ1) is 20.2. The number of carbonyl (C=O) groups excluding carboxylic acids is 1. The highest BCUT2D eigenvalue weighted by Gasteiger charge is 2.09. The molecule has 0 aliphatic carbocycles. The Hall–Kier alpha value is -0.760. The number of hydrogen-bond acceptors (Lipinski definition) is 5. The van der Waals surface area contributed by atoms with Gasteiger partial charge in [-0.1, -0.05) is 6.92 Å². The standard InChI is InChI=1S/C14H29FN2O4/c1-4-14(18)17-9-13(15)11-20-10-12(2)21-8-7-19-6-5-16-3/h12-13,16H,4-11H2,1-3H3,(H,17,18). The van der Waals surface area contributed by atoms with Crippen LogP contribution in [-0.2, 0) is 19.0 Å². The maximum Gasteiger partial charge on any atom is 0.219 e. The van der Waals surface area contributed by atoms with E-state index in [0.29, 0.717) is 32.8 Å². The first-order valence-corrected chi connectivity index (χ1v) is 7.42. The van der Waals surface area contributed by atoms with Gasteiger partial charge in [-0.25, -0.2) is 4.39 Å². The minimum absolute atomic E-state index is 0.0127. The van der Waals surface area contributed by atoms with E-state index in [1.165, 1.54) is 0 Å². The van der Waals surface area contributed by atoms with Crippen molar-refractivity contribution in [3.63, 3.8) is 0 Å². The molecule has 0 radical (unpaired) electrons. The van der Waals surface area contributed by atoms with Crippen molar-refractivity contribution in [2.45, 2.75) is 32.5 Å². The summed E-state index contributed by atoms with van der Waals surface area (Å²) in [7, 11) is 1.87. The van der Waals surface area contributed by atoms with Crippen molar-refractivity contribution in [1.82, 2.24) is 10.6 Å². The molecule has 0 aromatic rings. The van der Waals surface area contributed by atoms with Crippen LogP contribution >= 0.6 is 0 Å². The summed E-state index contributed by atoms with van der Waals surface area (Å²) >= 11 is 0. The van der Waals surface area contributed by atoms with Crippen molar-refractivity contribution in [3.05, 3.63) is 0 Å². The molecule has 0 aliphatic rings. The quantitative estimate of drug-likeness (QED) is 0.458. The maximum atomic E-state index is 13.4. The average Bonchev–Trinajstić information content (AvgIpc) is 2.48. The first-order chi connectivity index (χ1) is 10.1. The van der Waals surface area contributed by atoms with E-state index in [1.54, 1.807) is 6.92 Å². The molecular formula is C14H29FN2O4. The molecule has 0 saturated carbocycles. The zero-order valence-corrected chi connectivity index (χ0v) is 13.3. The van der Waals surface area contributed by atoms with Crippen LogP contribution in [0, 0.1) is 0 Å². The topological polar surface area (TPSA) is 68.8 Å². The van der Waals surface area contributed by atoms with E-state index in [2.05, 4.69) is 10.6 Å².